The highest BCUT2D eigenvalue weighted by Gasteiger charge is 2.47. The Morgan fingerprint density at radius 3 is 2.65 bits per heavy atom. The van der Waals surface area contributed by atoms with Crippen LogP contribution in [-0.2, 0) is 32.6 Å². The number of ether oxygens (including phenoxy) is 2. The molecule has 2 aliphatic heterocycles. The highest BCUT2D eigenvalue weighted by atomic mass is 35.5. The number of aryl methyl sites for hydroxylation is 1. The van der Waals surface area contributed by atoms with Crippen LogP contribution in [0.25, 0.3) is 0 Å². The van der Waals surface area contributed by atoms with Gasteiger partial charge in [0.05, 0.1) is 10.9 Å². The summed E-state index contributed by atoms with van der Waals surface area (Å²) in [6, 6.07) is 10.9. The molecule has 0 unspecified atom stereocenters. The number of fused-ring (bicyclic) bond motifs is 3. The molecule has 232 valence electrons. The maximum Gasteiger partial charge on any atom is 0.264 e. The molecule has 0 radical (unpaired) electrons. The highest BCUT2D eigenvalue weighted by Crippen LogP contribution is 2.45. The predicted octanol–water partition coefficient (Wildman–Crippen LogP) is 5.72. The van der Waals surface area contributed by atoms with E-state index in [0.717, 1.165) is 55.2 Å². The minimum absolute atomic E-state index is 0.0314. The summed E-state index contributed by atoms with van der Waals surface area (Å²) in [5, 5.41) is -0.150. The summed E-state index contributed by atoms with van der Waals surface area (Å²) in [6.07, 6.45) is 9.43. The van der Waals surface area contributed by atoms with E-state index in [1.165, 1.54) is 0 Å². The number of carbonyl (C=O) groups excluding carboxylic acids is 2. The molecule has 1 N–H and O–H groups in total. The van der Waals surface area contributed by atoms with E-state index in [1.807, 2.05) is 37.3 Å². The van der Waals surface area contributed by atoms with E-state index >= 15 is 0 Å². The van der Waals surface area contributed by atoms with Crippen LogP contribution >= 0.6 is 11.6 Å². The van der Waals surface area contributed by atoms with Crippen LogP contribution < -0.4 is 14.4 Å². The van der Waals surface area contributed by atoms with E-state index in [4.69, 9.17) is 21.1 Å². The molecule has 10 heteroatoms. The number of aldehydes is 1. The quantitative estimate of drug-likeness (QED) is 0.335. The van der Waals surface area contributed by atoms with Crippen molar-refractivity contribution in [3.63, 3.8) is 0 Å². The molecule has 0 aromatic heterocycles. The van der Waals surface area contributed by atoms with Gasteiger partial charge in [0, 0.05) is 36.7 Å². The summed E-state index contributed by atoms with van der Waals surface area (Å²) in [6.45, 7) is 5.09. The Labute approximate surface area is 259 Å². The van der Waals surface area contributed by atoms with Gasteiger partial charge in [0.2, 0.25) is 10.0 Å². The first kappa shape index (κ1) is 31.5. The maximum absolute atomic E-state index is 13.3. The Hall–Kier alpha value is -2.88. The Balaban J connectivity index is 1.58. The lowest BCUT2D eigenvalue weighted by atomic mass is 9.64. The van der Waals surface area contributed by atoms with Crippen LogP contribution in [0.3, 0.4) is 0 Å². The number of anilines is 1. The molecule has 0 spiro atoms. The van der Waals surface area contributed by atoms with Gasteiger partial charge in [0.15, 0.2) is 6.29 Å². The third-order valence-corrected chi connectivity index (χ3v) is 11.8. The smallest absolute Gasteiger partial charge is 0.264 e. The standard InChI is InChI=1S/C33H41ClN2O6S/c1-22-7-6-15-33(21-37,41-3)29-13-10-26(29)19-36-16-5-4-8-24-17-28(34)12-9-27(24)20-42-31-14-11-25(18-30(31)36)32(38)35-43(39,40)23(22)2/h6,9,11-12,14-15,17-18,21-23,26,29H,4-5,7-8,10,13,16,19-20H2,1-3H3,(H,35,38)/b15-6+/t22-,23+,26-,29+,33-/m0/s1. The number of hydrogen-bond acceptors (Lipinski definition) is 7. The second kappa shape index (κ2) is 13.0. The number of methoxy groups -OCH3 is 1. The first-order valence-corrected chi connectivity index (χ1v) is 17.0. The molecule has 2 aromatic rings. The molecular weight excluding hydrogens is 588 g/mol. The monoisotopic (exact) mass is 628 g/mol. The summed E-state index contributed by atoms with van der Waals surface area (Å²) >= 11 is 6.31. The minimum Gasteiger partial charge on any atom is -0.487 e. The van der Waals surface area contributed by atoms with Crippen LogP contribution in [0.4, 0.5) is 5.69 Å². The lowest BCUT2D eigenvalue weighted by molar-refractivity contribution is -0.135. The maximum atomic E-state index is 13.3. The minimum atomic E-state index is -3.97. The number of halogens is 1. The van der Waals surface area contributed by atoms with Crippen LogP contribution in [0, 0.1) is 17.8 Å². The van der Waals surface area contributed by atoms with Gasteiger partial charge in [-0.3, -0.25) is 9.59 Å². The number of rotatable bonds is 2. The first-order chi connectivity index (χ1) is 20.6. The summed E-state index contributed by atoms with van der Waals surface area (Å²) in [7, 11) is -2.41. The van der Waals surface area contributed by atoms with Crippen LogP contribution in [0.15, 0.2) is 48.6 Å². The molecule has 1 fully saturated rings. The van der Waals surface area contributed by atoms with Crippen molar-refractivity contribution in [3.8, 4) is 5.75 Å². The fourth-order valence-electron chi connectivity index (χ4n) is 6.51. The molecule has 1 saturated carbocycles. The Kier molecular flexibility index (Phi) is 9.54. The van der Waals surface area contributed by atoms with E-state index < -0.39 is 26.8 Å². The Morgan fingerprint density at radius 2 is 1.93 bits per heavy atom. The number of sulfonamides is 1. The fraction of sp³-hybridized carbons (Fsp3) is 0.515. The molecule has 43 heavy (non-hydrogen) atoms. The van der Waals surface area contributed by atoms with Gasteiger partial charge in [0.1, 0.15) is 18.0 Å². The normalized spacial score (nSPS) is 30.2. The number of carbonyl (C=O) groups is 2. The average molecular weight is 629 g/mol. The topological polar surface area (TPSA) is 102 Å². The van der Waals surface area contributed by atoms with Gasteiger partial charge in [-0.25, -0.2) is 13.1 Å². The third-order valence-electron chi connectivity index (χ3n) is 9.64. The van der Waals surface area contributed by atoms with E-state index in [9.17, 15) is 18.0 Å². The van der Waals surface area contributed by atoms with E-state index in [0.29, 0.717) is 36.9 Å². The van der Waals surface area contributed by atoms with E-state index in [2.05, 4.69) is 9.62 Å². The number of nitrogens with zero attached hydrogens (tertiary/aromatic N) is 1. The van der Waals surface area contributed by atoms with Crippen LogP contribution in [0.5, 0.6) is 5.75 Å². The van der Waals surface area contributed by atoms with Gasteiger partial charge in [-0.15, -0.1) is 0 Å². The molecule has 2 heterocycles. The van der Waals surface area contributed by atoms with Gasteiger partial charge in [-0.2, -0.15) is 0 Å². The zero-order valence-electron chi connectivity index (χ0n) is 25.1. The van der Waals surface area contributed by atoms with Gasteiger partial charge >= 0.3 is 0 Å². The lowest BCUT2D eigenvalue weighted by Crippen LogP contribution is -2.52. The molecule has 1 aliphatic carbocycles. The molecule has 2 bridgehead atoms. The highest BCUT2D eigenvalue weighted by molar-refractivity contribution is 7.90. The van der Waals surface area contributed by atoms with Crippen LogP contribution in [-0.4, -0.2) is 51.7 Å². The van der Waals surface area contributed by atoms with Crippen molar-refractivity contribution in [2.24, 2.45) is 17.8 Å². The van der Waals surface area contributed by atoms with Crippen LogP contribution in [0.2, 0.25) is 5.02 Å². The SMILES string of the molecule is CO[C@]1(C=O)/C=C/C[C@H](C)[C@@H](C)S(=O)(=O)NC(=O)c2ccc3c(c2)N(CCCCc2cc(Cl)ccc2CO3)C[C@@H]2CC[C@H]21. The largest absolute Gasteiger partial charge is 0.487 e. The van der Waals surface area contributed by atoms with E-state index in [-0.39, 0.29) is 23.3 Å². The molecule has 5 atom stereocenters. The molecule has 0 saturated heterocycles. The van der Waals surface area contributed by atoms with Crippen molar-refractivity contribution in [2.75, 3.05) is 25.1 Å². The predicted molar refractivity (Wildman–Crippen MR) is 168 cm³/mol. The summed E-state index contributed by atoms with van der Waals surface area (Å²) < 4.78 is 41.1. The zero-order valence-corrected chi connectivity index (χ0v) is 26.6. The molecule has 2 aromatic carbocycles. The van der Waals surface area contributed by atoms with Gasteiger partial charge in [-0.1, -0.05) is 30.7 Å². The van der Waals surface area contributed by atoms with Crippen LogP contribution in [0.1, 0.15) is 67.4 Å². The second-order valence-electron chi connectivity index (χ2n) is 12.2. The van der Waals surface area contributed by atoms with Crippen molar-refractivity contribution in [1.29, 1.82) is 0 Å². The summed E-state index contributed by atoms with van der Waals surface area (Å²) in [4.78, 5) is 28.2. The van der Waals surface area contributed by atoms with E-state index in [1.54, 1.807) is 32.2 Å². The van der Waals surface area contributed by atoms with Crippen molar-refractivity contribution >= 4 is 39.5 Å². The van der Waals surface area contributed by atoms with Gasteiger partial charge < -0.3 is 14.4 Å². The number of benzene rings is 2. The Morgan fingerprint density at radius 1 is 1.12 bits per heavy atom. The molecule has 5 rings (SSSR count). The van der Waals surface area contributed by atoms with Crippen molar-refractivity contribution in [2.45, 2.75) is 69.8 Å². The number of amides is 1. The second-order valence-corrected chi connectivity index (χ2v) is 14.7. The molecule has 8 nitrogen and oxygen atoms in total. The summed E-state index contributed by atoms with van der Waals surface area (Å²) in [5.41, 5.74) is 2.09. The number of nitrogens with one attached hydrogen (secondary N) is 1. The lowest BCUT2D eigenvalue weighted by Gasteiger charge is -2.47. The first-order valence-electron chi connectivity index (χ1n) is 15.1. The number of allylic oxidation sites excluding steroid dienone is 1. The molecule has 1 amide bonds. The summed E-state index contributed by atoms with van der Waals surface area (Å²) in [5.74, 6) is -0.224. The average Bonchev–Trinajstić information content (AvgIpc) is 3.00. The van der Waals surface area contributed by atoms with Gasteiger partial charge in [-0.05, 0) is 105 Å². The van der Waals surface area contributed by atoms with Crippen molar-refractivity contribution in [3.05, 3.63) is 70.3 Å². The molecule has 3 aliphatic rings. The Bertz CT molecular complexity index is 1490. The van der Waals surface area contributed by atoms with Crippen molar-refractivity contribution < 1.29 is 27.5 Å². The van der Waals surface area contributed by atoms with Crippen molar-refractivity contribution in [1.82, 2.24) is 4.72 Å². The zero-order chi connectivity index (χ0) is 30.8. The number of hydrogen-bond donors (Lipinski definition) is 1. The van der Waals surface area contributed by atoms with Gasteiger partial charge in [0.25, 0.3) is 5.91 Å². The third kappa shape index (κ3) is 6.64. The molecular formula is C33H41ClN2O6S. The fourth-order valence-corrected chi connectivity index (χ4v) is 7.99.